The number of hydrogen-bond acceptors (Lipinski definition) is 9. The summed E-state index contributed by atoms with van der Waals surface area (Å²) in [6.45, 7) is -0.783. The van der Waals surface area contributed by atoms with E-state index in [-0.39, 0.29) is 13.0 Å². The molecular formula is C19H29N7O10. The summed E-state index contributed by atoms with van der Waals surface area (Å²) in [4.78, 5) is 95.6. The molecule has 0 spiro atoms. The standard InChI is InChI=1S/C19H29N7O10/c20-8(4-12(21)27)16(33)25-10(6-14(29)30)19(36)26-3-1-2-11(26)18(35)24-9(5-13(22)28)17(34)23-7-15(31)32/h8-11H,1-7,20H2,(H2,21,27)(H2,22,28)(H,23,34)(H,24,35)(H,25,33)(H,29,30)(H,31,32)/t8-,9-,10-,11-/m0/s1. The zero-order valence-electron chi connectivity index (χ0n) is 19.1. The fraction of sp³-hybridized carbons (Fsp3) is 0.579. The molecule has 0 aromatic heterocycles. The van der Waals surface area contributed by atoms with Gasteiger partial charge in [-0.25, -0.2) is 0 Å². The van der Waals surface area contributed by atoms with Crippen molar-refractivity contribution in [2.24, 2.45) is 17.2 Å². The van der Waals surface area contributed by atoms with Crippen LogP contribution in [-0.2, 0) is 38.4 Å². The van der Waals surface area contributed by atoms with Crippen molar-refractivity contribution in [2.45, 2.75) is 56.3 Å². The summed E-state index contributed by atoms with van der Waals surface area (Å²) >= 11 is 0. The van der Waals surface area contributed by atoms with Gasteiger partial charge in [-0.3, -0.25) is 38.4 Å². The highest BCUT2D eigenvalue weighted by Crippen LogP contribution is 2.20. The molecule has 0 saturated carbocycles. The van der Waals surface area contributed by atoms with Crippen molar-refractivity contribution in [1.29, 1.82) is 0 Å². The van der Waals surface area contributed by atoms with E-state index in [0.717, 1.165) is 4.90 Å². The van der Waals surface area contributed by atoms with Gasteiger partial charge < -0.3 is 48.3 Å². The molecule has 1 aliphatic rings. The van der Waals surface area contributed by atoms with Crippen molar-refractivity contribution in [2.75, 3.05) is 13.1 Å². The summed E-state index contributed by atoms with van der Waals surface area (Å²) < 4.78 is 0. The Bertz CT molecular complexity index is 924. The Morgan fingerprint density at radius 3 is 1.97 bits per heavy atom. The molecule has 4 atom stereocenters. The Balaban J connectivity index is 3.01. The van der Waals surface area contributed by atoms with Crippen LogP contribution >= 0.6 is 0 Å². The molecule has 1 rings (SSSR count). The van der Waals surface area contributed by atoms with Crippen molar-refractivity contribution >= 4 is 47.4 Å². The molecule has 36 heavy (non-hydrogen) atoms. The van der Waals surface area contributed by atoms with Gasteiger partial charge in [-0.05, 0) is 12.8 Å². The van der Waals surface area contributed by atoms with E-state index < -0.39 is 97.4 Å². The second-order valence-electron chi connectivity index (χ2n) is 7.97. The van der Waals surface area contributed by atoms with Crippen LogP contribution in [0.4, 0.5) is 0 Å². The van der Waals surface area contributed by atoms with Crippen LogP contribution in [0.3, 0.4) is 0 Å². The van der Waals surface area contributed by atoms with Crippen LogP contribution in [0, 0.1) is 0 Å². The number of carbonyl (C=O) groups excluding carboxylic acids is 6. The minimum atomic E-state index is -1.64. The van der Waals surface area contributed by atoms with Gasteiger partial charge in [-0.15, -0.1) is 0 Å². The highest BCUT2D eigenvalue weighted by molar-refractivity contribution is 5.98. The van der Waals surface area contributed by atoms with Crippen molar-refractivity contribution < 1.29 is 48.6 Å². The number of carboxylic acids is 2. The largest absolute Gasteiger partial charge is 0.481 e. The maximum absolute atomic E-state index is 13.1. The van der Waals surface area contributed by atoms with Gasteiger partial charge in [-0.1, -0.05) is 0 Å². The van der Waals surface area contributed by atoms with E-state index in [0.29, 0.717) is 6.42 Å². The molecule has 1 heterocycles. The third-order valence-electron chi connectivity index (χ3n) is 5.04. The number of nitrogens with zero attached hydrogens (tertiary/aromatic N) is 1. The molecule has 0 bridgehead atoms. The highest BCUT2D eigenvalue weighted by atomic mass is 16.4. The molecule has 0 unspecified atom stereocenters. The molecule has 200 valence electrons. The monoisotopic (exact) mass is 515 g/mol. The number of rotatable bonds is 14. The lowest BCUT2D eigenvalue weighted by atomic mass is 10.1. The molecule has 11 N–H and O–H groups in total. The summed E-state index contributed by atoms with van der Waals surface area (Å²) in [5.41, 5.74) is 15.6. The van der Waals surface area contributed by atoms with Crippen molar-refractivity contribution in [3.05, 3.63) is 0 Å². The number of likely N-dealkylation sites (tertiary alicyclic amines) is 1. The second-order valence-corrected chi connectivity index (χ2v) is 7.97. The molecule has 1 fully saturated rings. The molecule has 6 amide bonds. The summed E-state index contributed by atoms with van der Waals surface area (Å²) in [5.74, 6) is -8.52. The van der Waals surface area contributed by atoms with Gasteiger partial charge >= 0.3 is 11.9 Å². The molecule has 0 aliphatic carbocycles. The fourth-order valence-corrected chi connectivity index (χ4v) is 3.43. The summed E-state index contributed by atoms with van der Waals surface area (Å²) in [6.07, 6.45) is -1.66. The van der Waals surface area contributed by atoms with Crippen molar-refractivity contribution in [1.82, 2.24) is 20.9 Å². The van der Waals surface area contributed by atoms with Crippen LogP contribution in [0.1, 0.15) is 32.1 Å². The van der Waals surface area contributed by atoms with E-state index in [1.54, 1.807) is 0 Å². The van der Waals surface area contributed by atoms with E-state index in [1.807, 2.05) is 5.32 Å². The number of nitrogens with two attached hydrogens (primary N) is 3. The molecule has 1 saturated heterocycles. The maximum Gasteiger partial charge on any atom is 0.322 e. The van der Waals surface area contributed by atoms with Crippen LogP contribution in [-0.4, -0.2) is 99.8 Å². The van der Waals surface area contributed by atoms with Gasteiger partial charge in [0.15, 0.2) is 0 Å². The van der Waals surface area contributed by atoms with Crippen LogP contribution in [0.2, 0.25) is 0 Å². The predicted octanol–water partition coefficient (Wildman–Crippen LogP) is -5.30. The SMILES string of the molecule is NC(=O)C[C@H](NC(=O)[C@@H]1CCCN1C(=O)[C@H](CC(=O)O)NC(=O)[C@@H](N)CC(N)=O)C(=O)NCC(=O)O. The average Bonchev–Trinajstić information content (AvgIpc) is 3.24. The van der Waals surface area contributed by atoms with Crippen LogP contribution < -0.4 is 33.2 Å². The number of nitrogens with one attached hydrogen (secondary N) is 3. The molecule has 17 nitrogen and oxygen atoms in total. The Labute approximate surface area is 204 Å². The zero-order valence-corrected chi connectivity index (χ0v) is 19.1. The minimum absolute atomic E-state index is 0.00193. The first-order chi connectivity index (χ1) is 16.7. The Kier molecular flexibility index (Phi) is 11.2. The van der Waals surface area contributed by atoms with Crippen LogP contribution in [0.25, 0.3) is 0 Å². The zero-order chi connectivity index (χ0) is 27.6. The van der Waals surface area contributed by atoms with E-state index >= 15 is 0 Å². The van der Waals surface area contributed by atoms with Gasteiger partial charge in [0.2, 0.25) is 35.4 Å². The van der Waals surface area contributed by atoms with E-state index in [4.69, 9.17) is 27.4 Å². The summed E-state index contributed by atoms with van der Waals surface area (Å²) in [7, 11) is 0. The van der Waals surface area contributed by atoms with Gasteiger partial charge in [-0.2, -0.15) is 0 Å². The number of carboxylic acid groups (broad SMARTS) is 2. The first kappa shape index (κ1) is 29.8. The second kappa shape index (κ2) is 13.6. The van der Waals surface area contributed by atoms with Crippen molar-refractivity contribution in [3.8, 4) is 0 Å². The van der Waals surface area contributed by atoms with Gasteiger partial charge in [0, 0.05) is 6.54 Å². The first-order valence-electron chi connectivity index (χ1n) is 10.7. The van der Waals surface area contributed by atoms with Crippen LogP contribution in [0.15, 0.2) is 0 Å². The Hall–Kier alpha value is -4.28. The number of hydrogen-bond donors (Lipinski definition) is 8. The topological polar surface area (TPSA) is 294 Å². The molecule has 1 aliphatic heterocycles. The predicted molar refractivity (Wildman–Crippen MR) is 117 cm³/mol. The molecule has 0 radical (unpaired) electrons. The number of aliphatic carboxylic acids is 2. The van der Waals surface area contributed by atoms with Gasteiger partial charge in [0.1, 0.15) is 24.7 Å². The Morgan fingerprint density at radius 2 is 1.44 bits per heavy atom. The molecule has 17 heteroatoms. The number of carbonyl (C=O) groups is 8. The lowest BCUT2D eigenvalue weighted by Crippen LogP contribution is -2.58. The third kappa shape index (κ3) is 9.53. The highest BCUT2D eigenvalue weighted by Gasteiger charge is 2.40. The van der Waals surface area contributed by atoms with Crippen molar-refractivity contribution in [3.63, 3.8) is 0 Å². The molecule has 0 aromatic rings. The molecule has 0 aromatic carbocycles. The maximum atomic E-state index is 13.1. The van der Waals surface area contributed by atoms with Crippen LogP contribution in [0.5, 0.6) is 0 Å². The lowest BCUT2D eigenvalue weighted by Gasteiger charge is -2.29. The normalized spacial score (nSPS) is 17.2. The Morgan fingerprint density at radius 1 is 0.833 bits per heavy atom. The quantitative estimate of drug-likeness (QED) is 0.108. The lowest BCUT2D eigenvalue weighted by molar-refractivity contribution is -0.146. The van der Waals surface area contributed by atoms with E-state index in [2.05, 4.69) is 10.6 Å². The minimum Gasteiger partial charge on any atom is -0.481 e. The third-order valence-corrected chi connectivity index (χ3v) is 5.04. The molecular weight excluding hydrogens is 486 g/mol. The van der Waals surface area contributed by atoms with Gasteiger partial charge in [0.25, 0.3) is 0 Å². The first-order valence-corrected chi connectivity index (χ1v) is 10.7. The number of amides is 6. The summed E-state index contributed by atoms with van der Waals surface area (Å²) in [6, 6.07) is -5.81. The number of primary amides is 2. The average molecular weight is 515 g/mol. The fourth-order valence-electron chi connectivity index (χ4n) is 3.43. The van der Waals surface area contributed by atoms with E-state index in [9.17, 15) is 38.4 Å². The smallest absolute Gasteiger partial charge is 0.322 e. The van der Waals surface area contributed by atoms with E-state index in [1.165, 1.54) is 0 Å². The summed E-state index contributed by atoms with van der Waals surface area (Å²) in [5, 5.41) is 24.2. The van der Waals surface area contributed by atoms with Gasteiger partial charge in [0.05, 0.1) is 25.3 Å².